The Hall–Kier alpha value is -1.35. The van der Waals surface area contributed by atoms with E-state index in [1.165, 1.54) is 0 Å². The Labute approximate surface area is 121 Å². The topological polar surface area (TPSA) is 26.3 Å². The number of ether oxygens (including phenoxy) is 1. The van der Waals surface area contributed by atoms with Gasteiger partial charge in [-0.25, -0.2) is 0 Å². The van der Waals surface area contributed by atoms with Gasteiger partial charge in [-0.05, 0) is 49.7 Å². The molecule has 0 radical (unpaired) electrons. The molecule has 0 aliphatic rings. The molecule has 0 fully saturated rings. The summed E-state index contributed by atoms with van der Waals surface area (Å²) >= 11 is 3.31. The Morgan fingerprint density at radius 1 is 1.05 bits per heavy atom. The fourth-order valence-electron chi connectivity index (χ4n) is 1.95. The molecule has 1 atom stereocenters. The highest BCUT2D eigenvalue weighted by Gasteiger charge is 2.12. The molecule has 0 aromatic heterocycles. The van der Waals surface area contributed by atoms with Crippen molar-refractivity contribution in [2.75, 3.05) is 0 Å². The maximum Gasteiger partial charge on any atom is 0.176 e. The highest BCUT2D eigenvalue weighted by atomic mass is 79.9. The Morgan fingerprint density at radius 2 is 1.68 bits per heavy atom. The van der Waals surface area contributed by atoms with Gasteiger partial charge in [0.05, 0.1) is 10.9 Å². The lowest BCUT2D eigenvalue weighted by molar-refractivity contribution is 0.0996. The van der Waals surface area contributed by atoms with Crippen LogP contribution in [0.4, 0.5) is 0 Å². The van der Waals surface area contributed by atoms with Gasteiger partial charge in [0.25, 0.3) is 0 Å². The molecule has 2 rings (SSSR count). The summed E-state index contributed by atoms with van der Waals surface area (Å²) in [6, 6.07) is 11.7. The minimum absolute atomic E-state index is 0.101. The number of ketones is 1. The van der Waals surface area contributed by atoms with Crippen molar-refractivity contribution < 1.29 is 9.53 Å². The maximum absolute atomic E-state index is 11.9. The van der Waals surface area contributed by atoms with E-state index in [9.17, 15) is 4.79 Å². The smallest absolute Gasteiger partial charge is 0.176 e. The molecule has 0 N–H and O–H groups in total. The van der Waals surface area contributed by atoms with Gasteiger partial charge < -0.3 is 4.74 Å². The molecular weight excluding hydrogens is 304 g/mol. The first-order valence-corrected chi connectivity index (χ1v) is 7.27. The summed E-state index contributed by atoms with van der Waals surface area (Å²) in [6.45, 7) is 5.85. The molecule has 0 saturated heterocycles. The van der Waals surface area contributed by atoms with Gasteiger partial charge >= 0.3 is 0 Å². The number of hydrogen-bond donors (Lipinski definition) is 0. The normalized spacial score (nSPS) is 12.7. The van der Waals surface area contributed by atoms with E-state index in [-0.39, 0.29) is 16.7 Å². The monoisotopic (exact) mass is 320 g/mol. The van der Waals surface area contributed by atoms with E-state index in [1.807, 2.05) is 57.2 Å². The van der Waals surface area contributed by atoms with E-state index in [0.29, 0.717) is 0 Å². The van der Waals surface area contributed by atoms with Crippen molar-refractivity contribution in [3.63, 3.8) is 0 Å². The molecule has 3 heteroatoms. The highest BCUT2D eigenvalue weighted by Crippen LogP contribution is 2.23. The van der Waals surface area contributed by atoms with Gasteiger partial charge in [-0.1, -0.05) is 34.1 Å². The lowest BCUT2D eigenvalue weighted by Crippen LogP contribution is -2.09. The Kier molecular flexibility index (Phi) is 4.25. The molecule has 1 unspecified atom stereocenters. The molecule has 2 aromatic rings. The highest BCUT2D eigenvalue weighted by molar-refractivity contribution is 9.10. The first-order valence-electron chi connectivity index (χ1n) is 6.36. The fraction of sp³-hybridized carbons (Fsp3) is 0.312. The van der Waals surface area contributed by atoms with Crippen molar-refractivity contribution in [2.45, 2.75) is 31.7 Å². The van der Waals surface area contributed by atoms with Crippen LogP contribution in [0.1, 0.15) is 31.1 Å². The zero-order valence-corrected chi connectivity index (χ0v) is 12.9. The van der Waals surface area contributed by atoms with Crippen LogP contribution in [0.5, 0.6) is 5.75 Å². The van der Waals surface area contributed by atoms with Crippen molar-refractivity contribution >= 4 is 32.5 Å². The van der Waals surface area contributed by atoms with Gasteiger partial charge in [0.1, 0.15) is 5.75 Å². The summed E-state index contributed by atoms with van der Waals surface area (Å²) in [5, 5.41) is 2.13. The van der Waals surface area contributed by atoms with Crippen molar-refractivity contribution in [3.05, 3.63) is 42.0 Å². The van der Waals surface area contributed by atoms with Crippen LogP contribution in [0.2, 0.25) is 0 Å². The summed E-state index contributed by atoms with van der Waals surface area (Å²) in [4.78, 5) is 11.8. The van der Waals surface area contributed by atoms with Crippen molar-refractivity contribution in [2.24, 2.45) is 0 Å². The van der Waals surface area contributed by atoms with E-state index in [0.717, 1.165) is 22.1 Å². The van der Waals surface area contributed by atoms with E-state index < -0.39 is 0 Å². The van der Waals surface area contributed by atoms with Gasteiger partial charge in [0.15, 0.2) is 5.78 Å². The van der Waals surface area contributed by atoms with Crippen molar-refractivity contribution in [3.8, 4) is 5.75 Å². The number of halogens is 1. The second-order valence-corrected chi connectivity index (χ2v) is 6.24. The van der Waals surface area contributed by atoms with Crippen LogP contribution < -0.4 is 4.74 Å². The summed E-state index contributed by atoms with van der Waals surface area (Å²) in [5.41, 5.74) is 0.731. The molecule has 0 spiro atoms. The van der Waals surface area contributed by atoms with Crippen LogP contribution in [0.15, 0.2) is 36.4 Å². The van der Waals surface area contributed by atoms with Crippen LogP contribution >= 0.6 is 15.9 Å². The molecule has 0 amide bonds. The van der Waals surface area contributed by atoms with Gasteiger partial charge in [-0.2, -0.15) is 0 Å². The van der Waals surface area contributed by atoms with E-state index >= 15 is 0 Å². The van der Waals surface area contributed by atoms with E-state index in [2.05, 4.69) is 15.9 Å². The second-order valence-electron chi connectivity index (χ2n) is 4.87. The zero-order valence-electron chi connectivity index (χ0n) is 11.3. The van der Waals surface area contributed by atoms with Crippen molar-refractivity contribution in [1.29, 1.82) is 0 Å². The number of alkyl halides is 1. The average Bonchev–Trinajstić information content (AvgIpc) is 2.36. The first-order chi connectivity index (χ1) is 8.97. The predicted molar refractivity (Wildman–Crippen MR) is 82.4 cm³/mol. The van der Waals surface area contributed by atoms with Gasteiger partial charge in [-0.15, -0.1) is 0 Å². The summed E-state index contributed by atoms with van der Waals surface area (Å²) in [6.07, 6.45) is 0.160. The van der Waals surface area contributed by atoms with Crippen LogP contribution in [-0.4, -0.2) is 16.7 Å². The Bertz CT molecular complexity index is 603. The largest absolute Gasteiger partial charge is 0.491 e. The minimum Gasteiger partial charge on any atom is -0.491 e. The molecule has 0 bridgehead atoms. The summed E-state index contributed by atoms with van der Waals surface area (Å²) in [5.74, 6) is 0.958. The number of carbonyl (C=O) groups is 1. The summed E-state index contributed by atoms with van der Waals surface area (Å²) in [7, 11) is 0. The molecule has 2 aromatic carbocycles. The number of fused-ring (bicyclic) bond motifs is 1. The fourth-order valence-corrected chi connectivity index (χ4v) is 2.22. The molecule has 0 saturated carbocycles. The quantitative estimate of drug-likeness (QED) is 0.608. The number of carbonyl (C=O) groups excluding carboxylic acids is 1. The van der Waals surface area contributed by atoms with Crippen LogP contribution in [0, 0.1) is 0 Å². The first kappa shape index (κ1) is 14.1. The van der Waals surface area contributed by atoms with Crippen LogP contribution in [0.3, 0.4) is 0 Å². The minimum atomic E-state index is -0.159. The zero-order chi connectivity index (χ0) is 14.0. The third-order valence-electron chi connectivity index (χ3n) is 2.83. The molecular formula is C16H17BrO2. The number of Topliss-reactive ketones (excluding diaryl/α,β-unsaturated/α-hetero) is 1. The van der Waals surface area contributed by atoms with Gasteiger partial charge in [-0.3, -0.25) is 4.79 Å². The van der Waals surface area contributed by atoms with Crippen LogP contribution in [-0.2, 0) is 0 Å². The Morgan fingerprint density at radius 3 is 2.32 bits per heavy atom. The third kappa shape index (κ3) is 3.35. The molecule has 0 aliphatic carbocycles. The van der Waals surface area contributed by atoms with E-state index in [4.69, 9.17) is 4.74 Å². The van der Waals surface area contributed by atoms with Gasteiger partial charge in [0, 0.05) is 5.56 Å². The molecule has 19 heavy (non-hydrogen) atoms. The Balaban J connectivity index is 2.38. The molecule has 2 nitrogen and oxygen atoms in total. The molecule has 0 heterocycles. The maximum atomic E-state index is 11.9. The average molecular weight is 321 g/mol. The molecule has 100 valence electrons. The third-order valence-corrected chi connectivity index (χ3v) is 3.25. The second kappa shape index (κ2) is 5.74. The lowest BCUT2D eigenvalue weighted by atomic mass is 10.0. The standard InChI is InChI=1S/C16H17BrO2/c1-10(2)19-15-7-6-12-8-14(16(18)11(3)17)5-4-13(12)9-15/h4-11H,1-3H3. The molecule has 0 aliphatic heterocycles. The van der Waals surface area contributed by atoms with Crippen molar-refractivity contribution in [1.82, 2.24) is 0 Å². The lowest BCUT2D eigenvalue weighted by Gasteiger charge is -2.11. The number of rotatable bonds is 4. The van der Waals surface area contributed by atoms with Crippen LogP contribution in [0.25, 0.3) is 10.8 Å². The number of hydrogen-bond acceptors (Lipinski definition) is 2. The predicted octanol–water partition coefficient (Wildman–Crippen LogP) is 4.59. The van der Waals surface area contributed by atoms with E-state index in [1.54, 1.807) is 0 Å². The SMILES string of the molecule is CC(C)Oc1ccc2cc(C(=O)C(C)Br)ccc2c1. The summed E-state index contributed by atoms with van der Waals surface area (Å²) < 4.78 is 5.66. The number of benzene rings is 2. The van der Waals surface area contributed by atoms with Gasteiger partial charge in [0.2, 0.25) is 0 Å².